The van der Waals surface area contributed by atoms with Gasteiger partial charge in [-0.05, 0) is 5.56 Å². The second-order valence-electron chi connectivity index (χ2n) is 3.63. The van der Waals surface area contributed by atoms with Gasteiger partial charge in [0.15, 0.2) is 6.10 Å². The molecule has 0 aliphatic carbocycles. The molecule has 24 heavy (non-hydrogen) atoms. The van der Waals surface area contributed by atoms with Crippen LogP contribution in [0.4, 0.5) is 0 Å². The molecule has 1 radical (unpaired) electrons. The van der Waals surface area contributed by atoms with Crippen molar-refractivity contribution in [1.29, 1.82) is 10.5 Å². The van der Waals surface area contributed by atoms with Gasteiger partial charge in [-0.15, -0.1) is 12.1 Å². The predicted molar refractivity (Wildman–Crippen MR) is 95.2 cm³/mol. The maximum atomic E-state index is 8.97. The van der Waals surface area contributed by atoms with E-state index >= 15 is 0 Å². The summed E-state index contributed by atoms with van der Waals surface area (Å²) in [7, 11) is 0. The molecule has 0 amide bonds. The molecule has 1 unspecified atom stereocenters. The predicted octanol–water partition coefficient (Wildman–Crippen LogP) is 5.06. The van der Waals surface area contributed by atoms with Gasteiger partial charge in [0.05, 0.1) is 6.07 Å². The zero-order valence-electron chi connectivity index (χ0n) is 14.8. The van der Waals surface area contributed by atoms with Crippen molar-refractivity contribution in [3.8, 4) is 12.1 Å². The normalized spacial score (nSPS) is 8.46. The molecule has 0 heterocycles. The molecule has 0 spiro atoms. The average molecular weight is 398 g/mol. The van der Waals surface area contributed by atoms with E-state index in [1.54, 1.807) is 30.3 Å². The standard InChI is InChI=1S/C8H7NO.C8H6N.2C2H6.Y/c9-6-8(10)7-4-2-1-3-5-7;9-7-6-8-4-2-1-3-5-8;2*1-2;/h1-5,8,10H;1-6H;2*1-2H3;/q;-1;;;. The topological polar surface area (TPSA) is 67.8 Å². The van der Waals surface area contributed by atoms with Crippen LogP contribution in [0.25, 0.3) is 0 Å². The fourth-order valence-corrected chi connectivity index (χ4v) is 1.33. The molecule has 2 aromatic carbocycles. The van der Waals surface area contributed by atoms with Gasteiger partial charge in [0.2, 0.25) is 0 Å². The third kappa shape index (κ3) is 14.0. The molecule has 3 nitrogen and oxygen atoms in total. The fourth-order valence-electron chi connectivity index (χ4n) is 1.33. The van der Waals surface area contributed by atoms with Crippen molar-refractivity contribution in [2.45, 2.75) is 33.8 Å². The van der Waals surface area contributed by atoms with Crippen LogP contribution in [0.1, 0.15) is 44.9 Å². The molecule has 125 valence electrons. The first-order valence-corrected chi connectivity index (χ1v) is 7.68. The van der Waals surface area contributed by atoms with Crippen LogP contribution in [0.3, 0.4) is 0 Å². The van der Waals surface area contributed by atoms with E-state index in [1.165, 1.54) is 6.42 Å². The smallest absolute Gasteiger partial charge is 0.165 e. The number of hydrogen-bond acceptors (Lipinski definition) is 3. The number of aliphatic hydroxyl groups is 1. The Balaban J connectivity index is -0.000000295. The van der Waals surface area contributed by atoms with Gasteiger partial charge in [0.1, 0.15) is 0 Å². The summed E-state index contributed by atoms with van der Waals surface area (Å²) in [4.78, 5) is 0. The minimum atomic E-state index is -0.985. The Morgan fingerprint density at radius 3 is 1.62 bits per heavy atom. The second-order valence-corrected chi connectivity index (χ2v) is 3.63. The van der Waals surface area contributed by atoms with Gasteiger partial charge in [0.25, 0.3) is 0 Å². The third-order valence-corrected chi connectivity index (χ3v) is 2.27. The summed E-state index contributed by atoms with van der Waals surface area (Å²) in [6, 6.07) is 22.1. The van der Waals surface area contributed by atoms with Gasteiger partial charge in [-0.3, -0.25) is 0 Å². The van der Waals surface area contributed by atoms with Crippen molar-refractivity contribution < 1.29 is 37.8 Å². The Kier molecular flexibility index (Phi) is 24.2. The number of aliphatic hydroxyl groups excluding tert-OH is 1. The Hall–Kier alpha value is -1.65. The third-order valence-electron chi connectivity index (χ3n) is 2.27. The minimum Gasteiger partial charge on any atom is -0.374 e. The number of nitriles is 2. The van der Waals surface area contributed by atoms with Crippen molar-refractivity contribution in [2.24, 2.45) is 0 Å². The quantitative estimate of drug-likeness (QED) is 0.568. The number of nitrogens with zero attached hydrogens (tertiary/aromatic N) is 2. The van der Waals surface area contributed by atoms with Crippen LogP contribution >= 0.6 is 0 Å². The summed E-state index contributed by atoms with van der Waals surface area (Å²) < 4.78 is 0. The molecule has 2 aromatic rings. The molecule has 0 saturated heterocycles. The van der Waals surface area contributed by atoms with E-state index in [0.717, 1.165) is 5.56 Å². The second kappa shape index (κ2) is 21.4. The van der Waals surface area contributed by atoms with Crippen LogP contribution in [-0.4, -0.2) is 5.11 Å². The molecule has 1 atom stereocenters. The molecule has 0 bridgehead atoms. The summed E-state index contributed by atoms with van der Waals surface area (Å²) in [5, 5.41) is 25.5. The number of hydrogen-bond donors (Lipinski definition) is 1. The molecule has 0 aliphatic heterocycles. The Bertz CT molecular complexity index is 560. The summed E-state index contributed by atoms with van der Waals surface area (Å²) in [6.45, 7) is 8.00. The van der Waals surface area contributed by atoms with E-state index in [0.29, 0.717) is 5.56 Å². The van der Waals surface area contributed by atoms with Crippen molar-refractivity contribution in [1.82, 2.24) is 0 Å². The Morgan fingerprint density at radius 2 is 1.25 bits per heavy atom. The van der Waals surface area contributed by atoms with E-state index in [-0.39, 0.29) is 32.7 Å². The van der Waals surface area contributed by atoms with Crippen molar-refractivity contribution in [2.75, 3.05) is 0 Å². The summed E-state index contributed by atoms with van der Waals surface area (Å²) >= 11 is 0. The Labute approximate surface area is 171 Å². The first-order chi connectivity index (χ1) is 11.3. The van der Waals surface area contributed by atoms with E-state index < -0.39 is 6.10 Å². The van der Waals surface area contributed by atoms with Crippen LogP contribution in [-0.2, 0) is 32.7 Å². The fraction of sp³-hybridized carbons (Fsp3) is 0.250. The van der Waals surface area contributed by atoms with Crippen LogP contribution in [0.15, 0.2) is 60.7 Å². The summed E-state index contributed by atoms with van der Waals surface area (Å²) in [5.74, 6) is 0. The zero-order chi connectivity index (χ0) is 17.9. The Morgan fingerprint density at radius 1 is 0.833 bits per heavy atom. The van der Waals surface area contributed by atoms with Crippen molar-refractivity contribution in [3.05, 3.63) is 78.2 Å². The number of rotatable bonds is 2. The van der Waals surface area contributed by atoms with Gasteiger partial charge in [0, 0.05) is 38.8 Å². The van der Waals surface area contributed by atoms with E-state index in [2.05, 4.69) is 0 Å². The van der Waals surface area contributed by atoms with Gasteiger partial charge in [-0.2, -0.15) is 23.0 Å². The maximum absolute atomic E-state index is 8.97. The van der Waals surface area contributed by atoms with Crippen LogP contribution in [0, 0.1) is 29.1 Å². The molecule has 0 aromatic heterocycles. The van der Waals surface area contributed by atoms with Crippen LogP contribution < -0.4 is 0 Å². The molecule has 0 fully saturated rings. The maximum Gasteiger partial charge on any atom is 0.165 e. The number of benzene rings is 2. The van der Waals surface area contributed by atoms with Gasteiger partial charge >= 0.3 is 0 Å². The molecule has 0 aliphatic rings. The average Bonchev–Trinajstić information content (AvgIpc) is 2.67. The first kappa shape index (κ1) is 27.2. The van der Waals surface area contributed by atoms with Crippen LogP contribution in [0.5, 0.6) is 0 Å². The van der Waals surface area contributed by atoms with Crippen molar-refractivity contribution >= 4 is 0 Å². The zero-order valence-corrected chi connectivity index (χ0v) is 17.7. The van der Waals surface area contributed by atoms with Gasteiger partial charge < -0.3 is 5.11 Å². The van der Waals surface area contributed by atoms with E-state index in [9.17, 15) is 0 Å². The largest absolute Gasteiger partial charge is 0.374 e. The molecule has 1 N–H and O–H groups in total. The SMILES string of the molecule is CC.CC.N#CC(O)c1ccccc1.N#C[CH-]c1ccccc1.[Y]. The van der Waals surface area contributed by atoms with Crippen LogP contribution in [0.2, 0.25) is 0 Å². The van der Waals surface area contributed by atoms with Gasteiger partial charge in [-0.1, -0.05) is 70.5 Å². The summed E-state index contributed by atoms with van der Waals surface area (Å²) in [5.41, 5.74) is 1.60. The first-order valence-electron chi connectivity index (χ1n) is 7.68. The monoisotopic (exact) mass is 398 g/mol. The summed E-state index contributed by atoms with van der Waals surface area (Å²) in [6.07, 6.45) is 0.529. The van der Waals surface area contributed by atoms with E-state index in [4.69, 9.17) is 15.6 Å². The molecular weight excluding hydrogens is 373 g/mol. The molecule has 4 heteroatoms. The molecule has 2 rings (SSSR count). The molecule has 0 saturated carbocycles. The minimum absolute atomic E-state index is 0. The van der Waals surface area contributed by atoms with E-state index in [1.807, 2.05) is 70.2 Å². The van der Waals surface area contributed by atoms with Crippen molar-refractivity contribution in [3.63, 3.8) is 0 Å². The van der Waals surface area contributed by atoms with Gasteiger partial charge in [-0.25, -0.2) is 5.26 Å². The molecular formula is C20H25N2OY-.